The van der Waals surface area contributed by atoms with Crippen molar-refractivity contribution in [2.24, 2.45) is 5.73 Å². The van der Waals surface area contributed by atoms with E-state index >= 15 is 0 Å². The van der Waals surface area contributed by atoms with Crippen LogP contribution in [0.3, 0.4) is 0 Å². The zero-order valence-corrected chi connectivity index (χ0v) is 23.3. The Labute approximate surface area is 191 Å². The molecule has 0 saturated carbocycles. The Kier molecular flexibility index (Phi) is 14.5. The second-order valence-corrected chi connectivity index (χ2v) is 22.1. The molecule has 0 radical (unpaired) electrons. The molecule has 0 aliphatic rings. The van der Waals surface area contributed by atoms with Crippen molar-refractivity contribution in [1.82, 2.24) is 0 Å². The van der Waals surface area contributed by atoms with Gasteiger partial charge in [0.25, 0.3) is 0 Å². The third-order valence-corrected chi connectivity index (χ3v) is 22.5. The molecule has 168 valence electrons. The monoisotopic (exact) mass is 517 g/mol. The minimum atomic E-state index is -2.19. The summed E-state index contributed by atoms with van der Waals surface area (Å²) in [4.78, 5) is 0. The summed E-state index contributed by atoms with van der Waals surface area (Å²) in [6.07, 6.45) is 8.11. The third kappa shape index (κ3) is 9.14. The van der Waals surface area contributed by atoms with Gasteiger partial charge in [0.05, 0.1) is 0 Å². The summed E-state index contributed by atoms with van der Waals surface area (Å²) in [6, 6.07) is 20.0. The van der Waals surface area contributed by atoms with Crippen molar-refractivity contribution in [2.45, 2.75) is 98.9 Å². The number of unbranched alkanes of at least 4 members (excludes halogenated alkanes) is 2. The second-order valence-electron chi connectivity index (χ2n) is 8.86. The number of nitrogens with two attached hydrogens (primary N) is 1. The van der Waals surface area contributed by atoms with Crippen LogP contribution in [0.5, 0.6) is 0 Å². The van der Waals surface area contributed by atoms with Crippen molar-refractivity contribution in [2.75, 3.05) is 0 Å². The third-order valence-electron chi connectivity index (χ3n) is 6.50. The van der Waals surface area contributed by atoms with Crippen LogP contribution in [0.2, 0.25) is 13.3 Å². The first kappa shape index (κ1) is 27.2. The molecule has 1 nitrogen and oxygen atoms in total. The van der Waals surface area contributed by atoms with Crippen molar-refractivity contribution in [1.29, 1.82) is 0 Å². The van der Waals surface area contributed by atoms with Crippen LogP contribution >= 0.6 is 0 Å². The molecule has 2 aromatic rings. The van der Waals surface area contributed by atoms with Gasteiger partial charge in [-0.3, -0.25) is 0 Å². The van der Waals surface area contributed by atoms with Crippen LogP contribution in [0.25, 0.3) is 0 Å². The standard InChI is InChI=1S/C10H14.C7H8N.2C4H9.C3H7.Sn/c1-3-9(2)10-7-5-4-6-8-10;8-6-7-4-2-1-3-5-7;2*1-3-4-2;1-3-2;/h4-9H,3H2,1-2H3;1-2,4-5H,6,8H2;2*1,3-4H2,2H3;1,3H2,2H3;. The van der Waals surface area contributed by atoms with Gasteiger partial charge in [0.15, 0.2) is 0 Å². The quantitative estimate of drug-likeness (QED) is 0.284. The molecule has 0 amide bonds. The molecule has 0 fully saturated rings. The average molecular weight is 516 g/mol. The summed E-state index contributed by atoms with van der Waals surface area (Å²) in [7, 11) is 0. The average Bonchev–Trinajstić information content (AvgIpc) is 2.81. The Balaban J connectivity index is 0.000000375. The predicted molar refractivity (Wildman–Crippen MR) is 139 cm³/mol. The molecule has 0 spiro atoms. The number of hydrogen-bond donors (Lipinski definition) is 1. The molecule has 0 aromatic heterocycles. The van der Waals surface area contributed by atoms with E-state index in [1.54, 1.807) is 3.58 Å². The molecule has 1 unspecified atom stereocenters. The summed E-state index contributed by atoms with van der Waals surface area (Å²) < 4.78 is 6.33. The van der Waals surface area contributed by atoms with Crippen LogP contribution in [0.15, 0.2) is 54.6 Å². The van der Waals surface area contributed by atoms with Crippen molar-refractivity contribution in [3.8, 4) is 0 Å². The molecule has 2 heteroatoms. The molecule has 0 bridgehead atoms. The van der Waals surface area contributed by atoms with Gasteiger partial charge < -0.3 is 0 Å². The van der Waals surface area contributed by atoms with Gasteiger partial charge in [0, 0.05) is 0 Å². The van der Waals surface area contributed by atoms with Crippen molar-refractivity contribution < 1.29 is 0 Å². The molecular weight excluding hydrogens is 469 g/mol. The molecular formula is C28H47NSn. The van der Waals surface area contributed by atoms with Crippen LogP contribution in [-0.2, 0) is 6.54 Å². The van der Waals surface area contributed by atoms with Crippen LogP contribution in [0.1, 0.15) is 90.2 Å². The Morgan fingerprint density at radius 2 is 1.40 bits per heavy atom. The number of rotatable bonds is 12. The molecule has 0 aliphatic carbocycles. The van der Waals surface area contributed by atoms with E-state index in [1.165, 1.54) is 63.0 Å². The normalized spacial score (nSPS) is 12.2. The topological polar surface area (TPSA) is 26.0 Å². The van der Waals surface area contributed by atoms with Gasteiger partial charge >= 0.3 is 130 Å². The zero-order chi connectivity index (χ0) is 22.2. The van der Waals surface area contributed by atoms with Gasteiger partial charge in [0.1, 0.15) is 0 Å². The molecule has 0 saturated heterocycles. The van der Waals surface area contributed by atoms with Gasteiger partial charge in [0.2, 0.25) is 0 Å². The van der Waals surface area contributed by atoms with Gasteiger partial charge in [-0.1, -0.05) is 44.2 Å². The second kappa shape index (κ2) is 15.9. The molecule has 30 heavy (non-hydrogen) atoms. The van der Waals surface area contributed by atoms with Crippen LogP contribution in [0, 0.1) is 0 Å². The van der Waals surface area contributed by atoms with Crippen molar-refractivity contribution in [3.05, 3.63) is 65.7 Å². The fourth-order valence-corrected chi connectivity index (χ4v) is 20.3. The SMILES string of the molecule is CCC(C)c1ccccc1.CCC[CH2][Sn]([CH2]CC)([CH2]CCC)[c]1cccc(CN)c1. The Morgan fingerprint density at radius 3 is 1.90 bits per heavy atom. The summed E-state index contributed by atoms with van der Waals surface area (Å²) in [5.41, 5.74) is 8.64. The van der Waals surface area contributed by atoms with E-state index in [4.69, 9.17) is 5.73 Å². The van der Waals surface area contributed by atoms with Crippen LogP contribution < -0.4 is 9.31 Å². The maximum absolute atomic E-state index is 5.86. The van der Waals surface area contributed by atoms with E-state index < -0.39 is 18.4 Å². The first-order valence-electron chi connectivity index (χ1n) is 12.4. The van der Waals surface area contributed by atoms with Crippen LogP contribution in [0.4, 0.5) is 0 Å². The van der Waals surface area contributed by atoms with E-state index in [0.717, 1.165) is 0 Å². The van der Waals surface area contributed by atoms with E-state index in [2.05, 4.69) is 89.2 Å². The fraction of sp³-hybridized carbons (Fsp3) is 0.571. The molecule has 0 aliphatic heterocycles. The van der Waals surface area contributed by atoms with Gasteiger partial charge in [-0.25, -0.2) is 0 Å². The Hall–Kier alpha value is -0.801. The molecule has 2 rings (SSSR count). The molecule has 2 aromatic carbocycles. The summed E-state index contributed by atoms with van der Waals surface area (Å²) in [5.74, 6) is 0.709. The van der Waals surface area contributed by atoms with E-state index in [0.29, 0.717) is 12.5 Å². The minimum absolute atomic E-state index is 0.684. The van der Waals surface area contributed by atoms with E-state index in [9.17, 15) is 0 Å². The fourth-order valence-electron chi connectivity index (χ4n) is 4.36. The van der Waals surface area contributed by atoms with E-state index in [-0.39, 0.29) is 0 Å². The van der Waals surface area contributed by atoms with Gasteiger partial charge in [-0.15, -0.1) is 0 Å². The zero-order valence-electron chi connectivity index (χ0n) is 20.4. The van der Waals surface area contributed by atoms with E-state index in [1.807, 2.05) is 0 Å². The summed E-state index contributed by atoms with van der Waals surface area (Å²) in [6.45, 7) is 12.2. The van der Waals surface area contributed by atoms with Crippen molar-refractivity contribution in [3.63, 3.8) is 0 Å². The van der Waals surface area contributed by atoms with Crippen molar-refractivity contribution >= 4 is 22.0 Å². The van der Waals surface area contributed by atoms with Gasteiger partial charge in [-0.05, 0) is 17.9 Å². The molecule has 2 N–H and O–H groups in total. The predicted octanol–water partition coefficient (Wildman–Crippen LogP) is 8.01. The summed E-state index contributed by atoms with van der Waals surface area (Å²) in [5, 5.41) is 0. The Morgan fingerprint density at radius 1 is 0.767 bits per heavy atom. The Bertz CT molecular complexity index is 659. The maximum atomic E-state index is 5.86. The van der Waals surface area contributed by atoms with Crippen LogP contribution in [-0.4, -0.2) is 18.4 Å². The molecule has 1 atom stereocenters. The number of benzene rings is 2. The first-order chi connectivity index (χ1) is 14.6. The first-order valence-corrected chi connectivity index (χ1v) is 19.9. The number of hydrogen-bond acceptors (Lipinski definition) is 1. The molecule has 0 heterocycles. The van der Waals surface area contributed by atoms with Gasteiger partial charge in [-0.2, -0.15) is 0 Å². The summed E-state index contributed by atoms with van der Waals surface area (Å²) >= 11 is -2.19.